The van der Waals surface area contributed by atoms with Gasteiger partial charge in [0.2, 0.25) is 0 Å². The lowest BCUT2D eigenvalue weighted by Crippen LogP contribution is -2.05. The van der Waals surface area contributed by atoms with Crippen molar-refractivity contribution in [3.63, 3.8) is 0 Å². The zero-order valence-electron chi connectivity index (χ0n) is 12.2. The van der Waals surface area contributed by atoms with Gasteiger partial charge in [-0.15, -0.1) is 0 Å². The van der Waals surface area contributed by atoms with E-state index >= 15 is 0 Å². The molecule has 22 heavy (non-hydrogen) atoms. The smallest absolute Gasteiger partial charge is 0.359 e. The number of rotatable bonds is 3. The number of esters is 1. The van der Waals surface area contributed by atoms with Crippen LogP contribution in [-0.2, 0) is 11.2 Å². The van der Waals surface area contributed by atoms with Crippen LogP contribution in [0.25, 0.3) is 16.6 Å². The van der Waals surface area contributed by atoms with Gasteiger partial charge in [0.1, 0.15) is 0 Å². The van der Waals surface area contributed by atoms with Gasteiger partial charge >= 0.3 is 5.97 Å². The summed E-state index contributed by atoms with van der Waals surface area (Å²) >= 11 is 3.46. The third kappa shape index (κ3) is 2.39. The molecule has 0 N–H and O–H groups in total. The summed E-state index contributed by atoms with van der Waals surface area (Å²) in [6, 6.07) is 9.60. The van der Waals surface area contributed by atoms with Gasteiger partial charge in [-0.1, -0.05) is 28.9 Å². The SMILES string of the molecule is CCc1nccc2c1c(C(=O)OC)nn2-c1cccc(Br)c1. The van der Waals surface area contributed by atoms with Gasteiger partial charge in [0.05, 0.1) is 29.4 Å². The molecule has 0 aliphatic rings. The van der Waals surface area contributed by atoms with Crippen molar-refractivity contribution in [2.24, 2.45) is 0 Å². The Labute approximate surface area is 136 Å². The van der Waals surface area contributed by atoms with Crippen LogP contribution in [0, 0.1) is 0 Å². The van der Waals surface area contributed by atoms with Gasteiger partial charge in [-0.25, -0.2) is 9.48 Å². The van der Waals surface area contributed by atoms with E-state index in [-0.39, 0.29) is 0 Å². The van der Waals surface area contributed by atoms with Crippen LogP contribution in [-0.4, -0.2) is 27.8 Å². The number of hydrogen-bond donors (Lipinski definition) is 0. The number of carbonyl (C=O) groups is 1. The summed E-state index contributed by atoms with van der Waals surface area (Å²) in [6.07, 6.45) is 2.45. The van der Waals surface area contributed by atoms with Gasteiger partial charge in [-0.05, 0) is 30.7 Å². The molecule has 0 atom stereocenters. The van der Waals surface area contributed by atoms with E-state index in [1.807, 2.05) is 37.3 Å². The molecule has 3 rings (SSSR count). The standard InChI is InChI=1S/C16H14BrN3O2/c1-3-12-14-13(7-8-18-12)20(19-15(14)16(21)22-2)11-6-4-5-10(17)9-11/h4-9H,3H2,1-2H3. The highest BCUT2D eigenvalue weighted by atomic mass is 79.9. The van der Waals surface area contributed by atoms with Crippen LogP contribution in [0.2, 0.25) is 0 Å². The van der Waals surface area contributed by atoms with Crippen LogP contribution >= 0.6 is 15.9 Å². The van der Waals surface area contributed by atoms with Gasteiger partial charge < -0.3 is 4.74 Å². The highest BCUT2D eigenvalue weighted by Crippen LogP contribution is 2.26. The van der Waals surface area contributed by atoms with E-state index in [1.165, 1.54) is 7.11 Å². The zero-order valence-corrected chi connectivity index (χ0v) is 13.8. The van der Waals surface area contributed by atoms with Crippen LogP contribution < -0.4 is 0 Å². The van der Waals surface area contributed by atoms with Crippen molar-refractivity contribution >= 4 is 32.8 Å². The summed E-state index contributed by atoms with van der Waals surface area (Å²) < 4.78 is 7.55. The number of pyridine rings is 1. The number of benzene rings is 1. The number of fused-ring (bicyclic) bond motifs is 1. The molecular weight excluding hydrogens is 346 g/mol. The molecule has 0 aliphatic carbocycles. The Morgan fingerprint density at radius 1 is 1.36 bits per heavy atom. The Morgan fingerprint density at radius 2 is 2.18 bits per heavy atom. The lowest BCUT2D eigenvalue weighted by atomic mass is 10.1. The van der Waals surface area contributed by atoms with Crippen molar-refractivity contribution in [2.75, 3.05) is 7.11 Å². The Balaban J connectivity index is 2.35. The molecule has 0 unspecified atom stereocenters. The maximum absolute atomic E-state index is 12.1. The second-order valence-electron chi connectivity index (χ2n) is 4.74. The van der Waals surface area contributed by atoms with Crippen molar-refractivity contribution in [1.29, 1.82) is 0 Å². The van der Waals surface area contributed by atoms with E-state index in [0.717, 1.165) is 26.8 Å². The third-order valence-electron chi connectivity index (χ3n) is 3.44. The fourth-order valence-corrected chi connectivity index (χ4v) is 2.83. The average molecular weight is 360 g/mol. The molecule has 0 bridgehead atoms. The predicted molar refractivity (Wildman–Crippen MR) is 87.3 cm³/mol. The van der Waals surface area contributed by atoms with Crippen LogP contribution in [0.3, 0.4) is 0 Å². The first-order valence-corrected chi connectivity index (χ1v) is 7.66. The lowest BCUT2D eigenvalue weighted by molar-refractivity contribution is 0.0595. The summed E-state index contributed by atoms with van der Waals surface area (Å²) in [4.78, 5) is 16.4. The molecule has 6 heteroatoms. The molecule has 112 valence electrons. The largest absolute Gasteiger partial charge is 0.464 e. The normalized spacial score (nSPS) is 10.9. The summed E-state index contributed by atoms with van der Waals surface area (Å²) in [5.41, 5.74) is 2.83. The lowest BCUT2D eigenvalue weighted by Gasteiger charge is -2.04. The van der Waals surface area contributed by atoms with E-state index in [4.69, 9.17) is 4.74 Å². The molecule has 2 heterocycles. The monoisotopic (exact) mass is 359 g/mol. The van der Waals surface area contributed by atoms with E-state index in [2.05, 4.69) is 26.0 Å². The van der Waals surface area contributed by atoms with Crippen LogP contribution in [0.5, 0.6) is 0 Å². The molecule has 0 fully saturated rings. The molecule has 0 aliphatic heterocycles. The minimum atomic E-state index is -0.457. The molecular formula is C16H14BrN3O2. The van der Waals surface area contributed by atoms with Crippen LogP contribution in [0.15, 0.2) is 41.0 Å². The fraction of sp³-hybridized carbons (Fsp3) is 0.188. The summed E-state index contributed by atoms with van der Waals surface area (Å²) in [5, 5.41) is 5.21. The van der Waals surface area contributed by atoms with Crippen molar-refractivity contribution in [1.82, 2.24) is 14.8 Å². The van der Waals surface area contributed by atoms with Crippen LogP contribution in [0.4, 0.5) is 0 Å². The minimum absolute atomic E-state index is 0.294. The number of methoxy groups -OCH3 is 1. The highest BCUT2D eigenvalue weighted by molar-refractivity contribution is 9.10. The maximum atomic E-state index is 12.1. The average Bonchev–Trinajstić information content (AvgIpc) is 2.94. The molecule has 1 aromatic carbocycles. The molecule has 0 amide bonds. The van der Waals surface area contributed by atoms with Gasteiger partial charge in [0.25, 0.3) is 0 Å². The number of hydrogen-bond acceptors (Lipinski definition) is 4. The van der Waals surface area contributed by atoms with E-state index in [9.17, 15) is 4.79 Å². The number of aromatic nitrogens is 3. The van der Waals surface area contributed by atoms with Gasteiger partial charge in [0, 0.05) is 10.7 Å². The number of ether oxygens (including phenoxy) is 1. The molecule has 0 saturated heterocycles. The molecule has 3 aromatic rings. The predicted octanol–water partition coefficient (Wildman–Crippen LogP) is 3.53. The fourth-order valence-electron chi connectivity index (χ4n) is 2.44. The zero-order chi connectivity index (χ0) is 15.7. The number of halogens is 1. The van der Waals surface area contributed by atoms with Gasteiger partial charge in [0.15, 0.2) is 5.69 Å². The van der Waals surface area contributed by atoms with Crippen molar-refractivity contribution in [2.45, 2.75) is 13.3 Å². The first-order valence-electron chi connectivity index (χ1n) is 6.86. The van der Waals surface area contributed by atoms with Crippen molar-refractivity contribution in [3.8, 4) is 5.69 Å². The Kier molecular flexibility index (Phi) is 3.94. The molecule has 2 aromatic heterocycles. The topological polar surface area (TPSA) is 57.0 Å². The first-order chi connectivity index (χ1) is 10.7. The maximum Gasteiger partial charge on any atom is 0.359 e. The molecule has 5 nitrogen and oxygen atoms in total. The molecule has 0 spiro atoms. The first kappa shape index (κ1) is 14.7. The summed E-state index contributed by atoms with van der Waals surface area (Å²) in [7, 11) is 1.36. The molecule has 0 saturated carbocycles. The van der Waals surface area contributed by atoms with E-state index in [1.54, 1.807) is 10.9 Å². The van der Waals surface area contributed by atoms with Gasteiger partial charge in [-0.2, -0.15) is 5.10 Å². The van der Waals surface area contributed by atoms with E-state index in [0.29, 0.717) is 12.1 Å². The van der Waals surface area contributed by atoms with Gasteiger partial charge in [-0.3, -0.25) is 4.98 Å². The second-order valence-corrected chi connectivity index (χ2v) is 5.65. The summed E-state index contributed by atoms with van der Waals surface area (Å²) in [6.45, 7) is 2.00. The van der Waals surface area contributed by atoms with E-state index < -0.39 is 5.97 Å². The summed E-state index contributed by atoms with van der Waals surface area (Å²) in [5.74, 6) is -0.457. The van der Waals surface area contributed by atoms with Crippen molar-refractivity contribution < 1.29 is 9.53 Å². The second kappa shape index (κ2) is 5.88. The Bertz CT molecular complexity index is 858. The van der Waals surface area contributed by atoms with Crippen LogP contribution in [0.1, 0.15) is 23.1 Å². The third-order valence-corrected chi connectivity index (χ3v) is 3.93. The Morgan fingerprint density at radius 3 is 2.86 bits per heavy atom. The minimum Gasteiger partial charge on any atom is -0.464 e. The number of aryl methyl sites for hydroxylation is 1. The quantitative estimate of drug-likeness (QED) is 0.671. The number of nitrogens with zero attached hydrogens (tertiary/aromatic N) is 3. The Hall–Kier alpha value is -2.21. The van der Waals surface area contributed by atoms with Crippen molar-refractivity contribution in [3.05, 3.63) is 52.4 Å². The number of carbonyl (C=O) groups excluding carboxylic acids is 1. The highest BCUT2D eigenvalue weighted by Gasteiger charge is 2.21. The molecule has 0 radical (unpaired) electrons.